The van der Waals surface area contributed by atoms with Gasteiger partial charge in [-0.2, -0.15) is 0 Å². The summed E-state index contributed by atoms with van der Waals surface area (Å²) in [5.41, 5.74) is 4.20. The normalized spacial score (nSPS) is 14.5. The number of carbonyl (C=O) groups is 3. The number of aryl methyl sites for hydroxylation is 2. The number of nitrogens with zero attached hydrogens (tertiary/aromatic N) is 1. The van der Waals surface area contributed by atoms with Crippen LogP contribution in [-0.2, 0) is 22.6 Å². The van der Waals surface area contributed by atoms with Gasteiger partial charge in [-0.1, -0.05) is 35.9 Å². The lowest BCUT2D eigenvalue weighted by Gasteiger charge is -2.27. The Morgan fingerprint density at radius 1 is 1.00 bits per heavy atom. The summed E-state index contributed by atoms with van der Waals surface area (Å²) in [6.45, 7) is 7.85. The predicted molar refractivity (Wildman–Crippen MR) is 148 cm³/mol. The van der Waals surface area contributed by atoms with E-state index < -0.39 is 17.8 Å². The topological polar surface area (TPSA) is 84.9 Å². The van der Waals surface area contributed by atoms with Crippen LogP contribution in [0.5, 0.6) is 11.5 Å². The third-order valence-corrected chi connectivity index (χ3v) is 6.16. The van der Waals surface area contributed by atoms with Gasteiger partial charge in [0.05, 0.1) is 12.8 Å². The van der Waals surface area contributed by atoms with Crippen molar-refractivity contribution in [1.29, 1.82) is 0 Å². The summed E-state index contributed by atoms with van der Waals surface area (Å²) < 4.78 is 11.7. The van der Waals surface area contributed by atoms with Crippen LogP contribution in [0.15, 0.2) is 72.8 Å². The summed E-state index contributed by atoms with van der Waals surface area (Å²) in [5.74, 6) is -0.531. The molecule has 1 aliphatic heterocycles. The molecule has 0 radical (unpaired) electrons. The maximum absolute atomic E-state index is 13.4. The van der Waals surface area contributed by atoms with Crippen molar-refractivity contribution in [2.24, 2.45) is 0 Å². The van der Waals surface area contributed by atoms with E-state index in [4.69, 9.17) is 21.1 Å². The van der Waals surface area contributed by atoms with Crippen LogP contribution in [0.25, 0.3) is 6.08 Å². The highest BCUT2D eigenvalue weighted by molar-refractivity contribution is 6.39. The number of ether oxygens (including phenoxy) is 2. The molecule has 8 heteroatoms. The van der Waals surface area contributed by atoms with Crippen molar-refractivity contribution in [3.8, 4) is 11.5 Å². The second kappa shape index (κ2) is 11.4. The van der Waals surface area contributed by atoms with Crippen LogP contribution in [0.4, 0.5) is 10.5 Å². The minimum atomic E-state index is -0.793. The second-order valence-electron chi connectivity index (χ2n) is 8.92. The summed E-state index contributed by atoms with van der Waals surface area (Å²) in [4.78, 5) is 39.7. The van der Waals surface area contributed by atoms with Crippen LogP contribution in [0.3, 0.4) is 0 Å². The fourth-order valence-corrected chi connectivity index (χ4v) is 4.39. The first-order chi connectivity index (χ1) is 18.2. The number of hydrogen-bond donors (Lipinski definition) is 1. The molecule has 1 fully saturated rings. The molecule has 0 aromatic heterocycles. The number of halogens is 1. The van der Waals surface area contributed by atoms with E-state index >= 15 is 0 Å². The van der Waals surface area contributed by atoms with Crippen LogP contribution < -0.4 is 19.7 Å². The van der Waals surface area contributed by atoms with Gasteiger partial charge in [0.2, 0.25) is 0 Å². The molecular weight excluding hydrogens is 504 g/mol. The van der Waals surface area contributed by atoms with Gasteiger partial charge in [-0.25, -0.2) is 9.69 Å². The van der Waals surface area contributed by atoms with Crippen LogP contribution >= 0.6 is 11.6 Å². The van der Waals surface area contributed by atoms with Crippen molar-refractivity contribution in [3.63, 3.8) is 0 Å². The van der Waals surface area contributed by atoms with Gasteiger partial charge in [0.1, 0.15) is 12.2 Å². The number of carbonyl (C=O) groups excluding carboxylic acids is 3. The highest BCUT2D eigenvalue weighted by Gasteiger charge is 2.37. The number of imide groups is 2. The largest absolute Gasteiger partial charge is 0.493 e. The number of anilines is 1. The number of amides is 4. The lowest BCUT2D eigenvalue weighted by atomic mass is 10.0. The Morgan fingerprint density at radius 3 is 2.32 bits per heavy atom. The Kier molecular flexibility index (Phi) is 7.98. The number of allylic oxidation sites excluding steroid dienone is 1. The van der Waals surface area contributed by atoms with E-state index in [1.54, 1.807) is 42.5 Å². The molecule has 38 heavy (non-hydrogen) atoms. The molecule has 4 rings (SSSR count). The number of benzene rings is 3. The first kappa shape index (κ1) is 26.7. The highest BCUT2D eigenvalue weighted by Crippen LogP contribution is 2.35. The molecule has 0 spiro atoms. The Balaban J connectivity index is 1.70. The zero-order chi connectivity index (χ0) is 27.4. The number of methoxy groups -OCH3 is 1. The predicted octanol–water partition coefficient (Wildman–Crippen LogP) is 5.94. The summed E-state index contributed by atoms with van der Waals surface area (Å²) in [7, 11) is 1.51. The standard InChI is InChI=1S/C30H27ClN2O5/c1-5-6-22-14-21(16-26(37-4)27(22)38-17-20-7-9-23(31)10-8-20)15-25-28(34)32-30(36)33(29(25)35)24-12-18(2)11-19(3)13-24/h5,7-16H,1,6,17H2,2-4H3,(H,32,34,36)/b25-15-. The first-order valence-corrected chi connectivity index (χ1v) is 12.3. The maximum atomic E-state index is 13.4. The van der Waals surface area contributed by atoms with E-state index in [1.807, 2.05) is 32.0 Å². The van der Waals surface area contributed by atoms with Gasteiger partial charge in [0.15, 0.2) is 11.5 Å². The Hall–Kier alpha value is -4.36. The number of hydrogen-bond acceptors (Lipinski definition) is 5. The molecule has 0 unspecified atom stereocenters. The Labute approximate surface area is 226 Å². The summed E-state index contributed by atoms with van der Waals surface area (Å²) in [6, 6.07) is 15.4. The second-order valence-corrected chi connectivity index (χ2v) is 9.36. The smallest absolute Gasteiger partial charge is 0.335 e. The lowest BCUT2D eigenvalue weighted by molar-refractivity contribution is -0.122. The molecular formula is C30H27ClN2O5. The van der Waals surface area contributed by atoms with E-state index in [2.05, 4.69) is 11.9 Å². The lowest BCUT2D eigenvalue weighted by Crippen LogP contribution is -2.54. The molecule has 1 heterocycles. The van der Waals surface area contributed by atoms with Gasteiger partial charge in [0, 0.05) is 10.6 Å². The first-order valence-electron chi connectivity index (χ1n) is 11.9. The van der Waals surface area contributed by atoms with Crippen LogP contribution in [-0.4, -0.2) is 25.0 Å². The average Bonchev–Trinajstić information content (AvgIpc) is 2.86. The zero-order valence-corrected chi connectivity index (χ0v) is 22.1. The number of urea groups is 1. The Morgan fingerprint density at radius 2 is 1.68 bits per heavy atom. The van der Waals surface area contributed by atoms with E-state index in [1.165, 1.54) is 13.2 Å². The van der Waals surface area contributed by atoms with Gasteiger partial charge in [-0.3, -0.25) is 14.9 Å². The maximum Gasteiger partial charge on any atom is 0.335 e. The van der Waals surface area contributed by atoms with Gasteiger partial charge < -0.3 is 9.47 Å². The van der Waals surface area contributed by atoms with Crippen molar-refractivity contribution < 1.29 is 23.9 Å². The van der Waals surface area contributed by atoms with Crippen LogP contribution in [0.2, 0.25) is 5.02 Å². The molecule has 0 aliphatic carbocycles. The fraction of sp³-hybridized carbons (Fsp3) is 0.167. The zero-order valence-electron chi connectivity index (χ0n) is 21.3. The van der Waals surface area contributed by atoms with E-state index in [9.17, 15) is 14.4 Å². The van der Waals surface area contributed by atoms with Crippen molar-refractivity contribution in [2.75, 3.05) is 12.0 Å². The molecule has 7 nitrogen and oxygen atoms in total. The molecule has 1 aliphatic rings. The molecule has 1 N–H and O–H groups in total. The van der Waals surface area contributed by atoms with E-state index in [0.717, 1.165) is 27.2 Å². The van der Waals surface area contributed by atoms with Crippen LogP contribution in [0, 0.1) is 13.8 Å². The highest BCUT2D eigenvalue weighted by atomic mass is 35.5. The van der Waals surface area contributed by atoms with Gasteiger partial charge in [0.25, 0.3) is 11.8 Å². The monoisotopic (exact) mass is 530 g/mol. The Bertz CT molecular complexity index is 1440. The molecule has 3 aromatic carbocycles. The number of nitrogens with one attached hydrogen (secondary N) is 1. The van der Waals surface area contributed by atoms with Gasteiger partial charge >= 0.3 is 6.03 Å². The SMILES string of the molecule is C=CCc1cc(/C=C2/C(=O)NC(=O)N(c3cc(C)cc(C)c3)C2=O)cc(OC)c1OCc1ccc(Cl)cc1. The average molecular weight is 531 g/mol. The van der Waals surface area contributed by atoms with Gasteiger partial charge in [-0.05, 0) is 85.0 Å². The van der Waals surface area contributed by atoms with Crippen molar-refractivity contribution >= 4 is 41.2 Å². The molecule has 3 aromatic rings. The van der Waals surface area contributed by atoms with Crippen molar-refractivity contribution in [3.05, 3.63) is 106 Å². The summed E-state index contributed by atoms with van der Waals surface area (Å²) >= 11 is 5.98. The molecule has 0 saturated carbocycles. The quantitative estimate of drug-likeness (QED) is 0.221. The molecule has 0 atom stereocenters. The van der Waals surface area contributed by atoms with Gasteiger partial charge in [-0.15, -0.1) is 6.58 Å². The molecule has 194 valence electrons. The number of barbiturate groups is 1. The molecule has 1 saturated heterocycles. The summed E-state index contributed by atoms with van der Waals surface area (Å²) in [5, 5.41) is 2.90. The third kappa shape index (κ3) is 5.79. The van der Waals surface area contributed by atoms with E-state index in [-0.39, 0.29) is 12.2 Å². The molecule has 4 amide bonds. The minimum Gasteiger partial charge on any atom is -0.493 e. The third-order valence-electron chi connectivity index (χ3n) is 5.91. The van der Waals surface area contributed by atoms with Crippen LogP contribution in [0.1, 0.15) is 27.8 Å². The minimum absolute atomic E-state index is 0.176. The fourth-order valence-electron chi connectivity index (χ4n) is 4.26. The summed E-state index contributed by atoms with van der Waals surface area (Å²) in [6.07, 6.45) is 3.62. The molecule has 0 bridgehead atoms. The van der Waals surface area contributed by atoms with Crippen molar-refractivity contribution in [1.82, 2.24) is 5.32 Å². The number of rotatable bonds is 8. The van der Waals surface area contributed by atoms with Crippen molar-refractivity contribution in [2.45, 2.75) is 26.9 Å². The van der Waals surface area contributed by atoms with E-state index in [0.29, 0.717) is 34.2 Å².